The molecule has 0 fully saturated rings. The molecule has 2 aromatic rings. The number of carbonyl (C=O) groups excluding carboxylic acids is 1. The lowest BCUT2D eigenvalue weighted by Gasteiger charge is -2.18. The van der Waals surface area contributed by atoms with E-state index in [0.29, 0.717) is 5.69 Å². The number of benzene rings is 1. The van der Waals surface area contributed by atoms with E-state index in [-0.39, 0.29) is 11.8 Å². The van der Waals surface area contributed by atoms with Crippen LogP contribution in [0.5, 0.6) is 0 Å². The number of aliphatic carboxylic acids is 1. The molecule has 2 N–H and O–H groups in total. The van der Waals surface area contributed by atoms with Gasteiger partial charge in [0.25, 0.3) is 5.91 Å². The number of carbonyl (C=O) groups is 2. The maximum Gasteiger partial charge on any atom is 0.326 e. The van der Waals surface area contributed by atoms with Gasteiger partial charge in [0, 0.05) is 18.0 Å². The Hall–Kier alpha value is -2.30. The molecule has 1 aromatic carbocycles. The number of hydrogen-bond acceptors (Lipinski definition) is 2. The van der Waals surface area contributed by atoms with Crippen molar-refractivity contribution in [3.63, 3.8) is 0 Å². The number of aromatic nitrogens is 1. The van der Waals surface area contributed by atoms with Crippen LogP contribution in [-0.2, 0) is 11.8 Å². The molecule has 0 aliphatic carbocycles. The lowest BCUT2D eigenvalue weighted by Crippen LogP contribution is -2.44. The zero-order valence-corrected chi connectivity index (χ0v) is 12.7. The van der Waals surface area contributed by atoms with E-state index in [1.54, 1.807) is 18.4 Å². The summed E-state index contributed by atoms with van der Waals surface area (Å²) in [5, 5.41) is 12.8. The number of para-hydroxylation sites is 1. The summed E-state index contributed by atoms with van der Waals surface area (Å²) in [6, 6.07) is 6.84. The van der Waals surface area contributed by atoms with Crippen LogP contribution in [0.1, 0.15) is 29.9 Å². The summed E-state index contributed by atoms with van der Waals surface area (Å²) in [4.78, 5) is 23.7. The minimum absolute atomic E-state index is 0.179. The Balaban J connectivity index is 2.42. The molecule has 1 heterocycles. The maximum atomic E-state index is 12.5. The van der Waals surface area contributed by atoms with Crippen molar-refractivity contribution in [3.05, 3.63) is 35.5 Å². The topological polar surface area (TPSA) is 71.3 Å². The molecule has 2 rings (SSSR count). The van der Waals surface area contributed by atoms with E-state index in [2.05, 4.69) is 5.32 Å². The van der Waals surface area contributed by atoms with Crippen LogP contribution in [0.2, 0.25) is 0 Å². The van der Waals surface area contributed by atoms with Gasteiger partial charge in [-0.2, -0.15) is 0 Å². The van der Waals surface area contributed by atoms with Crippen molar-refractivity contribution >= 4 is 22.8 Å². The van der Waals surface area contributed by atoms with Gasteiger partial charge >= 0.3 is 5.97 Å². The molecule has 0 aliphatic heterocycles. The Labute approximate surface area is 123 Å². The lowest BCUT2D eigenvalue weighted by molar-refractivity contribution is -0.140. The fraction of sp³-hybridized carbons (Fsp3) is 0.375. The van der Waals surface area contributed by atoms with Crippen LogP contribution in [0.15, 0.2) is 24.3 Å². The molecule has 0 bridgehead atoms. The quantitative estimate of drug-likeness (QED) is 0.907. The van der Waals surface area contributed by atoms with Crippen LogP contribution >= 0.6 is 0 Å². The van der Waals surface area contributed by atoms with Crippen molar-refractivity contribution in [3.8, 4) is 0 Å². The van der Waals surface area contributed by atoms with Gasteiger partial charge in [-0.1, -0.05) is 32.0 Å². The second kappa shape index (κ2) is 5.60. The van der Waals surface area contributed by atoms with Crippen molar-refractivity contribution in [1.29, 1.82) is 0 Å². The van der Waals surface area contributed by atoms with Gasteiger partial charge in [-0.15, -0.1) is 0 Å². The molecule has 0 aliphatic rings. The van der Waals surface area contributed by atoms with Gasteiger partial charge in [0.2, 0.25) is 0 Å². The largest absolute Gasteiger partial charge is 0.480 e. The maximum absolute atomic E-state index is 12.5. The SMILES string of the molecule is Cc1c(C(=O)N[C@H](C(=O)O)C(C)C)n(C)c2ccccc12. The first-order valence-corrected chi connectivity index (χ1v) is 6.92. The second-order valence-corrected chi connectivity index (χ2v) is 5.58. The third-order valence-corrected chi connectivity index (χ3v) is 3.79. The number of nitrogens with one attached hydrogen (secondary N) is 1. The molecule has 0 saturated heterocycles. The number of carboxylic acid groups (broad SMARTS) is 1. The van der Waals surface area contributed by atoms with Gasteiger partial charge in [0.1, 0.15) is 11.7 Å². The summed E-state index contributed by atoms with van der Waals surface area (Å²) in [5.74, 6) is -1.55. The molecular weight excluding hydrogens is 268 g/mol. The van der Waals surface area contributed by atoms with Gasteiger partial charge in [-0.05, 0) is 24.5 Å². The number of hydrogen-bond donors (Lipinski definition) is 2. The fourth-order valence-corrected chi connectivity index (χ4v) is 2.63. The van der Waals surface area contributed by atoms with Crippen LogP contribution in [0.3, 0.4) is 0 Å². The number of aryl methyl sites for hydroxylation is 2. The minimum atomic E-state index is -1.02. The molecule has 1 amide bonds. The van der Waals surface area contributed by atoms with Crippen molar-refractivity contribution in [2.24, 2.45) is 13.0 Å². The average molecular weight is 288 g/mol. The molecule has 0 saturated carbocycles. The van der Waals surface area contributed by atoms with Crippen LogP contribution in [0, 0.1) is 12.8 Å². The Morgan fingerprint density at radius 1 is 1.24 bits per heavy atom. The van der Waals surface area contributed by atoms with E-state index in [1.807, 2.05) is 38.2 Å². The molecule has 5 nitrogen and oxygen atoms in total. The van der Waals surface area contributed by atoms with Crippen molar-refractivity contribution in [1.82, 2.24) is 9.88 Å². The standard InChI is InChI=1S/C16H20N2O3/c1-9(2)13(16(20)21)17-15(19)14-10(3)11-7-5-6-8-12(11)18(14)4/h5-9,13H,1-4H3,(H,17,19)(H,20,21)/t13-/m0/s1. The average Bonchev–Trinajstić information content (AvgIpc) is 2.68. The highest BCUT2D eigenvalue weighted by atomic mass is 16.4. The molecule has 0 unspecified atom stereocenters. The summed E-state index contributed by atoms with van der Waals surface area (Å²) in [5.41, 5.74) is 2.32. The molecule has 112 valence electrons. The second-order valence-electron chi connectivity index (χ2n) is 5.58. The normalized spacial score (nSPS) is 12.6. The summed E-state index contributed by atoms with van der Waals surface area (Å²) < 4.78 is 1.80. The lowest BCUT2D eigenvalue weighted by atomic mass is 10.0. The highest BCUT2D eigenvalue weighted by Crippen LogP contribution is 2.24. The Bertz CT molecular complexity index is 662. The number of rotatable bonds is 4. The van der Waals surface area contributed by atoms with Gasteiger partial charge in [0.05, 0.1) is 0 Å². The monoisotopic (exact) mass is 288 g/mol. The number of nitrogens with zero attached hydrogens (tertiary/aromatic N) is 1. The predicted molar refractivity (Wildman–Crippen MR) is 81.4 cm³/mol. The Kier molecular flexibility index (Phi) is 4.02. The Morgan fingerprint density at radius 3 is 2.38 bits per heavy atom. The van der Waals surface area contributed by atoms with E-state index < -0.39 is 12.0 Å². The highest BCUT2D eigenvalue weighted by molar-refractivity contribution is 6.02. The Morgan fingerprint density at radius 2 is 1.86 bits per heavy atom. The highest BCUT2D eigenvalue weighted by Gasteiger charge is 2.26. The van der Waals surface area contributed by atoms with E-state index in [4.69, 9.17) is 0 Å². The van der Waals surface area contributed by atoms with Gasteiger partial charge in [0.15, 0.2) is 0 Å². The zero-order chi connectivity index (χ0) is 15.7. The molecule has 21 heavy (non-hydrogen) atoms. The first-order valence-electron chi connectivity index (χ1n) is 6.92. The molecule has 0 radical (unpaired) electrons. The summed E-state index contributed by atoms with van der Waals surface area (Å²) in [6.07, 6.45) is 0. The molecule has 5 heteroatoms. The molecular formula is C16H20N2O3. The van der Waals surface area contributed by atoms with E-state index in [1.165, 1.54) is 0 Å². The summed E-state index contributed by atoms with van der Waals surface area (Å²) in [7, 11) is 1.81. The number of carboxylic acids is 1. The zero-order valence-electron chi connectivity index (χ0n) is 12.7. The van der Waals surface area contributed by atoms with Crippen LogP contribution < -0.4 is 5.32 Å². The van der Waals surface area contributed by atoms with Crippen molar-refractivity contribution in [2.75, 3.05) is 0 Å². The van der Waals surface area contributed by atoms with E-state index >= 15 is 0 Å². The van der Waals surface area contributed by atoms with Gasteiger partial charge < -0.3 is 15.0 Å². The third-order valence-electron chi connectivity index (χ3n) is 3.79. The minimum Gasteiger partial charge on any atom is -0.480 e. The molecule has 0 spiro atoms. The van der Waals surface area contributed by atoms with Gasteiger partial charge in [-0.3, -0.25) is 4.79 Å². The molecule has 1 atom stereocenters. The van der Waals surface area contributed by atoms with Crippen LogP contribution in [0.25, 0.3) is 10.9 Å². The number of amides is 1. The first-order chi connectivity index (χ1) is 9.84. The number of fused-ring (bicyclic) bond motifs is 1. The smallest absolute Gasteiger partial charge is 0.326 e. The van der Waals surface area contributed by atoms with E-state index in [0.717, 1.165) is 16.5 Å². The molecule has 1 aromatic heterocycles. The summed E-state index contributed by atoms with van der Waals surface area (Å²) in [6.45, 7) is 5.42. The first kappa shape index (κ1) is 15.1. The van der Waals surface area contributed by atoms with Crippen LogP contribution in [0.4, 0.5) is 0 Å². The van der Waals surface area contributed by atoms with Gasteiger partial charge in [-0.25, -0.2) is 4.79 Å². The third kappa shape index (κ3) is 2.63. The van der Waals surface area contributed by atoms with Crippen molar-refractivity contribution < 1.29 is 14.7 Å². The fourth-order valence-electron chi connectivity index (χ4n) is 2.63. The van der Waals surface area contributed by atoms with Crippen LogP contribution in [-0.4, -0.2) is 27.6 Å². The van der Waals surface area contributed by atoms with Crippen molar-refractivity contribution in [2.45, 2.75) is 26.8 Å². The van der Waals surface area contributed by atoms with E-state index in [9.17, 15) is 14.7 Å². The summed E-state index contributed by atoms with van der Waals surface area (Å²) >= 11 is 0. The predicted octanol–water partition coefficient (Wildman–Crippen LogP) is 2.33.